The molecule has 1 N–H and O–H groups in total. The van der Waals surface area contributed by atoms with Gasteiger partial charge in [0, 0.05) is 36.9 Å². The van der Waals surface area contributed by atoms with E-state index in [1.807, 2.05) is 25.1 Å². The second-order valence-corrected chi connectivity index (χ2v) is 7.98. The maximum Gasteiger partial charge on any atom is 0.311 e. The van der Waals surface area contributed by atoms with Gasteiger partial charge in [-0.1, -0.05) is 35.9 Å². The smallest absolute Gasteiger partial charge is 0.311 e. The van der Waals surface area contributed by atoms with Crippen LogP contribution in [-0.4, -0.2) is 49.3 Å². The maximum absolute atomic E-state index is 11.6. The van der Waals surface area contributed by atoms with Gasteiger partial charge in [0.1, 0.15) is 0 Å². The first-order valence-corrected chi connectivity index (χ1v) is 10.4. The van der Waals surface area contributed by atoms with Gasteiger partial charge in [0.2, 0.25) is 0 Å². The topological polar surface area (TPSA) is 53.0 Å². The number of hydrogen-bond acceptors (Lipinski definition) is 5. The average Bonchev–Trinajstić information content (AvgIpc) is 2.70. The van der Waals surface area contributed by atoms with Crippen molar-refractivity contribution in [1.82, 2.24) is 4.90 Å². The number of aliphatic hydroxyl groups excluding tert-OH is 1. The Morgan fingerprint density at radius 1 is 1.31 bits per heavy atom. The van der Waals surface area contributed by atoms with E-state index in [0.717, 1.165) is 48.0 Å². The van der Waals surface area contributed by atoms with Crippen molar-refractivity contribution in [3.63, 3.8) is 0 Å². The zero-order valence-electron chi connectivity index (χ0n) is 17.3. The number of carbonyl (C=O) groups is 1. The van der Waals surface area contributed by atoms with Crippen LogP contribution in [0.2, 0.25) is 5.02 Å². The van der Waals surface area contributed by atoms with Crippen molar-refractivity contribution in [2.75, 3.05) is 38.3 Å². The van der Waals surface area contributed by atoms with Gasteiger partial charge in [0.15, 0.2) is 0 Å². The summed E-state index contributed by atoms with van der Waals surface area (Å²) in [7, 11) is 1.44. The van der Waals surface area contributed by atoms with Crippen LogP contribution < -0.4 is 4.90 Å². The van der Waals surface area contributed by atoms with Crippen molar-refractivity contribution in [2.24, 2.45) is 5.92 Å². The third-order valence-corrected chi connectivity index (χ3v) is 6.02. The van der Waals surface area contributed by atoms with Crippen LogP contribution in [0.4, 0.5) is 5.69 Å². The molecular weight excluding hydrogens is 388 g/mol. The predicted molar refractivity (Wildman–Crippen MR) is 116 cm³/mol. The van der Waals surface area contributed by atoms with Crippen LogP contribution in [0.15, 0.2) is 42.5 Å². The molecule has 0 radical (unpaired) electrons. The van der Waals surface area contributed by atoms with Gasteiger partial charge in [0.25, 0.3) is 0 Å². The number of nitrogens with zero attached hydrogens (tertiary/aromatic N) is 2. The minimum absolute atomic E-state index is 0.0166. The van der Waals surface area contributed by atoms with Gasteiger partial charge in [-0.2, -0.15) is 0 Å². The van der Waals surface area contributed by atoms with Crippen LogP contribution in [0, 0.1) is 12.8 Å². The Balaban J connectivity index is 1.74. The highest BCUT2D eigenvalue weighted by Crippen LogP contribution is 2.30. The first-order valence-electron chi connectivity index (χ1n) is 9.99. The summed E-state index contributed by atoms with van der Waals surface area (Å²) in [6.45, 7) is 7.10. The predicted octanol–water partition coefficient (Wildman–Crippen LogP) is 3.81. The molecule has 156 valence electrons. The number of carbonyl (C=O) groups excluding carboxylic acids is 1. The Bertz CT molecular complexity index is 852. The van der Waals surface area contributed by atoms with Crippen LogP contribution in [0.3, 0.4) is 0 Å². The van der Waals surface area contributed by atoms with Gasteiger partial charge >= 0.3 is 5.97 Å². The molecule has 1 unspecified atom stereocenters. The molecule has 0 aliphatic carbocycles. The molecule has 1 atom stereocenters. The van der Waals surface area contributed by atoms with Gasteiger partial charge in [0.05, 0.1) is 25.7 Å². The highest BCUT2D eigenvalue weighted by Gasteiger charge is 2.33. The first-order chi connectivity index (χ1) is 14.0. The zero-order valence-corrected chi connectivity index (χ0v) is 18.0. The highest BCUT2D eigenvalue weighted by molar-refractivity contribution is 6.31. The van der Waals surface area contributed by atoms with Crippen molar-refractivity contribution in [3.05, 3.63) is 64.2 Å². The van der Waals surface area contributed by atoms with E-state index >= 15 is 0 Å². The fourth-order valence-corrected chi connectivity index (χ4v) is 4.06. The van der Waals surface area contributed by atoms with Crippen molar-refractivity contribution in [1.29, 1.82) is 0 Å². The Kier molecular flexibility index (Phi) is 7.17. The lowest BCUT2D eigenvalue weighted by Gasteiger charge is -2.37. The number of aliphatic hydroxyl groups is 1. The van der Waals surface area contributed by atoms with E-state index in [0.29, 0.717) is 0 Å². The van der Waals surface area contributed by atoms with Crippen LogP contribution in [-0.2, 0) is 16.1 Å². The fourth-order valence-electron chi connectivity index (χ4n) is 3.95. The molecule has 1 heterocycles. The molecule has 1 fully saturated rings. The van der Waals surface area contributed by atoms with E-state index in [4.69, 9.17) is 16.3 Å². The normalized spacial score (nSPS) is 15.6. The monoisotopic (exact) mass is 416 g/mol. The summed E-state index contributed by atoms with van der Waals surface area (Å²) >= 11 is 6.18. The number of benzene rings is 2. The molecule has 3 rings (SSSR count). The van der Waals surface area contributed by atoms with E-state index in [9.17, 15) is 9.90 Å². The minimum atomic E-state index is -0.139. The van der Waals surface area contributed by atoms with Gasteiger partial charge in [-0.05, 0) is 48.7 Å². The molecule has 6 heteroatoms. The Hall–Kier alpha value is -2.08. The number of ether oxygens (including phenoxy) is 1. The van der Waals surface area contributed by atoms with Crippen molar-refractivity contribution in [2.45, 2.75) is 26.4 Å². The number of likely N-dealkylation sites (tertiary alicyclic amines) is 1. The lowest BCUT2D eigenvalue weighted by atomic mass is 9.98. The summed E-state index contributed by atoms with van der Waals surface area (Å²) in [6, 6.07) is 14.2. The summed E-state index contributed by atoms with van der Waals surface area (Å²) in [5.41, 5.74) is 4.31. The number of likely N-dealkylation sites (N-methyl/N-ethyl adjacent to an activating group) is 1. The summed E-state index contributed by atoms with van der Waals surface area (Å²) in [6.07, 6.45) is 0. The summed E-state index contributed by atoms with van der Waals surface area (Å²) in [5, 5.41) is 10.9. The molecule has 29 heavy (non-hydrogen) atoms. The number of methoxy groups -OCH3 is 1. The molecule has 1 saturated heterocycles. The van der Waals surface area contributed by atoms with E-state index in [1.54, 1.807) is 0 Å². The van der Waals surface area contributed by atoms with Crippen LogP contribution >= 0.6 is 11.6 Å². The standard InChI is InChI=1S/C23H29ClN2O3/c1-4-26(20-8-9-21(24)16(2)10-20)22(15-27)18-7-5-6-17(11-18)12-25-13-19(14-25)23(28)29-3/h5-11,19,22,27H,4,12-15H2,1-3H3. The van der Waals surface area contributed by atoms with E-state index in [2.05, 4.69) is 41.0 Å². The van der Waals surface area contributed by atoms with Gasteiger partial charge in [-0.15, -0.1) is 0 Å². The Labute approximate surface area is 177 Å². The molecule has 0 aromatic heterocycles. The number of halogens is 1. The molecule has 1 aliphatic rings. The molecule has 2 aromatic rings. The third-order valence-electron chi connectivity index (χ3n) is 5.60. The minimum Gasteiger partial charge on any atom is -0.469 e. The number of esters is 1. The summed E-state index contributed by atoms with van der Waals surface area (Å²) < 4.78 is 4.81. The quantitative estimate of drug-likeness (QED) is 0.663. The van der Waals surface area contributed by atoms with E-state index in [-0.39, 0.29) is 24.5 Å². The summed E-state index contributed by atoms with van der Waals surface area (Å²) in [4.78, 5) is 16.0. The van der Waals surface area contributed by atoms with Gasteiger partial charge in [-0.25, -0.2) is 0 Å². The first kappa shape index (κ1) is 21.6. The zero-order chi connectivity index (χ0) is 21.0. The number of rotatable bonds is 8. The SMILES string of the molecule is CCN(c1ccc(Cl)c(C)c1)C(CO)c1cccc(CN2CC(C(=O)OC)C2)c1. The number of hydrogen-bond donors (Lipinski definition) is 1. The Morgan fingerprint density at radius 3 is 2.69 bits per heavy atom. The van der Waals surface area contributed by atoms with Crippen LogP contribution in [0.1, 0.15) is 29.7 Å². The lowest BCUT2D eigenvalue weighted by molar-refractivity contribution is -0.151. The molecule has 2 aromatic carbocycles. The number of aryl methyl sites for hydroxylation is 1. The molecule has 1 aliphatic heterocycles. The molecule has 0 spiro atoms. The lowest BCUT2D eigenvalue weighted by Crippen LogP contribution is -2.50. The van der Waals surface area contributed by atoms with Gasteiger partial charge < -0.3 is 14.7 Å². The van der Waals surface area contributed by atoms with E-state index in [1.165, 1.54) is 12.7 Å². The molecule has 0 bridgehead atoms. The summed E-state index contributed by atoms with van der Waals surface area (Å²) in [5.74, 6) is -0.149. The average molecular weight is 417 g/mol. The molecule has 5 nitrogen and oxygen atoms in total. The second kappa shape index (κ2) is 9.61. The van der Waals surface area contributed by atoms with E-state index < -0.39 is 0 Å². The van der Waals surface area contributed by atoms with Crippen LogP contribution in [0.25, 0.3) is 0 Å². The van der Waals surface area contributed by atoms with Crippen LogP contribution in [0.5, 0.6) is 0 Å². The third kappa shape index (κ3) is 4.92. The van der Waals surface area contributed by atoms with Crippen molar-refractivity contribution in [3.8, 4) is 0 Å². The van der Waals surface area contributed by atoms with Crippen molar-refractivity contribution >= 4 is 23.3 Å². The largest absolute Gasteiger partial charge is 0.469 e. The van der Waals surface area contributed by atoms with Gasteiger partial charge in [-0.3, -0.25) is 9.69 Å². The molecule has 0 amide bonds. The molecular formula is C23H29ClN2O3. The molecule has 0 saturated carbocycles. The number of anilines is 1. The second-order valence-electron chi connectivity index (χ2n) is 7.58. The van der Waals surface area contributed by atoms with Crippen molar-refractivity contribution < 1.29 is 14.6 Å². The fraction of sp³-hybridized carbons (Fsp3) is 0.435. The highest BCUT2D eigenvalue weighted by atomic mass is 35.5. The Morgan fingerprint density at radius 2 is 2.07 bits per heavy atom. The maximum atomic E-state index is 11.6.